The summed E-state index contributed by atoms with van der Waals surface area (Å²) in [5.41, 5.74) is 5.24. The summed E-state index contributed by atoms with van der Waals surface area (Å²) in [5, 5.41) is 10.2. The van der Waals surface area contributed by atoms with Gasteiger partial charge in [-0.3, -0.25) is 4.79 Å². The SMILES string of the molecule is O=C1CCCc2c1[nH]c1ccc(C3=CCN(C(=O)O)CC3)cc21. The van der Waals surface area contributed by atoms with Crippen molar-refractivity contribution in [3.63, 3.8) is 0 Å². The van der Waals surface area contributed by atoms with E-state index in [1.807, 2.05) is 12.1 Å². The Kier molecular flexibility index (Phi) is 3.22. The molecule has 2 N–H and O–H groups in total. The maximum atomic E-state index is 12.0. The van der Waals surface area contributed by atoms with Crippen LogP contribution in [0.3, 0.4) is 0 Å². The first-order valence-electron chi connectivity index (χ1n) is 7.98. The molecule has 0 unspecified atom stereocenters. The summed E-state index contributed by atoms with van der Waals surface area (Å²) in [4.78, 5) is 27.7. The number of ketones is 1. The maximum Gasteiger partial charge on any atom is 0.407 e. The highest BCUT2D eigenvalue weighted by atomic mass is 16.4. The minimum atomic E-state index is -0.867. The Bertz CT molecular complexity index is 847. The van der Waals surface area contributed by atoms with Gasteiger partial charge < -0.3 is 15.0 Å². The number of aromatic nitrogens is 1. The van der Waals surface area contributed by atoms with Crippen LogP contribution in [-0.2, 0) is 6.42 Å². The standard InChI is InChI=1S/C18H18N2O3/c21-16-3-1-2-13-14-10-12(4-5-15(14)19-17(13)16)11-6-8-20(9-7-11)18(22)23/h4-6,10,19H,1-3,7-9H2,(H,22,23). The number of hydrogen-bond donors (Lipinski definition) is 2. The van der Waals surface area contributed by atoms with Gasteiger partial charge >= 0.3 is 6.09 Å². The molecule has 0 fully saturated rings. The number of nitrogens with zero attached hydrogens (tertiary/aromatic N) is 1. The van der Waals surface area contributed by atoms with Crippen LogP contribution in [0.25, 0.3) is 16.5 Å². The van der Waals surface area contributed by atoms with Gasteiger partial charge in [-0.15, -0.1) is 0 Å². The molecule has 0 saturated heterocycles. The molecular weight excluding hydrogens is 292 g/mol. The van der Waals surface area contributed by atoms with Gasteiger partial charge in [0.15, 0.2) is 5.78 Å². The molecular formula is C18H18N2O3. The molecule has 0 radical (unpaired) electrons. The van der Waals surface area contributed by atoms with Crippen molar-refractivity contribution in [1.29, 1.82) is 0 Å². The van der Waals surface area contributed by atoms with Crippen LogP contribution < -0.4 is 0 Å². The third-order valence-corrected chi connectivity index (χ3v) is 4.87. The number of rotatable bonds is 1. The Morgan fingerprint density at radius 2 is 2.09 bits per heavy atom. The topological polar surface area (TPSA) is 73.4 Å². The number of benzene rings is 1. The molecule has 23 heavy (non-hydrogen) atoms. The summed E-state index contributed by atoms with van der Waals surface area (Å²) in [7, 11) is 0. The zero-order valence-electron chi connectivity index (χ0n) is 12.8. The monoisotopic (exact) mass is 310 g/mol. The number of fused-ring (bicyclic) bond motifs is 3. The molecule has 2 aromatic rings. The summed E-state index contributed by atoms with van der Waals surface area (Å²) in [5.74, 6) is 0.206. The number of aryl methyl sites for hydroxylation is 1. The van der Waals surface area contributed by atoms with E-state index in [2.05, 4.69) is 17.1 Å². The summed E-state index contributed by atoms with van der Waals surface area (Å²) in [6, 6.07) is 6.23. The van der Waals surface area contributed by atoms with Crippen molar-refractivity contribution < 1.29 is 14.7 Å². The first-order valence-corrected chi connectivity index (χ1v) is 7.98. The minimum Gasteiger partial charge on any atom is -0.465 e. The fourth-order valence-corrected chi connectivity index (χ4v) is 3.60. The van der Waals surface area contributed by atoms with Crippen LogP contribution in [0, 0.1) is 0 Å². The normalized spacial score (nSPS) is 18.0. The lowest BCUT2D eigenvalue weighted by Gasteiger charge is -2.23. The minimum absolute atomic E-state index is 0.206. The van der Waals surface area contributed by atoms with E-state index in [4.69, 9.17) is 5.11 Å². The fraction of sp³-hybridized carbons (Fsp3) is 0.333. The Morgan fingerprint density at radius 1 is 1.22 bits per heavy atom. The molecule has 2 heterocycles. The van der Waals surface area contributed by atoms with Crippen molar-refractivity contribution in [3.8, 4) is 0 Å². The molecule has 0 saturated carbocycles. The summed E-state index contributed by atoms with van der Waals surface area (Å²) in [6.07, 6.45) is 4.33. The largest absolute Gasteiger partial charge is 0.465 e. The molecule has 1 aliphatic carbocycles. The number of aromatic amines is 1. The highest BCUT2D eigenvalue weighted by Gasteiger charge is 2.22. The predicted octanol–water partition coefficient (Wildman–Crippen LogP) is 3.45. The maximum absolute atomic E-state index is 12.0. The van der Waals surface area contributed by atoms with E-state index in [9.17, 15) is 9.59 Å². The van der Waals surface area contributed by atoms with Gasteiger partial charge in [0.25, 0.3) is 0 Å². The van der Waals surface area contributed by atoms with E-state index in [-0.39, 0.29) is 5.78 Å². The van der Waals surface area contributed by atoms with Crippen molar-refractivity contribution in [2.45, 2.75) is 25.7 Å². The lowest BCUT2D eigenvalue weighted by molar-refractivity contribution is 0.0968. The molecule has 2 aliphatic rings. The highest BCUT2D eigenvalue weighted by molar-refractivity contribution is 6.03. The molecule has 4 rings (SSSR count). The lowest BCUT2D eigenvalue weighted by Crippen LogP contribution is -2.33. The van der Waals surface area contributed by atoms with Crippen LogP contribution in [-0.4, -0.2) is 40.0 Å². The van der Waals surface area contributed by atoms with E-state index in [0.717, 1.165) is 47.0 Å². The van der Waals surface area contributed by atoms with Gasteiger partial charge in [-0.25, -0.2) is 4.79 Å². The Labute approximate surface area is 133 Å². The van der Waals surface area contributed by atoms with Gasteiger partial charge in [-0.2, -0.15) is 0 Å². The summed E-state index contributed by atoms with van der Waals surface area (Å²) in [6.45, 7) is 0.968. The van der Waals surface area contributed by atoms with E-state index in [1.165, 1.54) is 10.5 Å². The van der Waals surface area contributed by atoms with Gasteiger partial charge in [0.1, 0.15) is 0 Å². The van der Waals surface area contributed by atoms with Crippen LogP contribution >= 0.6 is 0 Å². The number of hydrogen-bond acceptors (Lipinski definition) is 2. The van der Waals surface area contributed by atoms with E-state index in [1.54, 1.807) is 0 Å². The first-order chi connectivity index (χ1) is 11.1. The van der Waals surface area contributed by atoms with Crippen molar-refractivity contribution in [2.24, 2.45) is 0 Å². The van der Waals surface area contributed by atoms with Gasteiger partial charge in [0.2, 0.25) is 0 Å². The van der Waals surface area contributed by atoms with Crippen LogP contribution in [0.5, 0.6) is 0 Å². The quantitative estimate of drug-likeness (QED) is 0.847. The van der Waals surface area contributed by atoms with Crippen LogP contribution in [0.15, 0.2) is 24.3 Å². The fourth-order valence-electron chi connectivity index (χ4n) is 3.60. The smallest absolute Gasteiger partial charge is 0.407 e. The molecule has 1 aliphatic heterocycles. The zero-order valence-corrected chi connectivity index (χ0v) is 12.8. The third kappa shape index (κ3) is 2.32. The Hall–Kier alpha value is -2.56. The molecule has 5 heteroatoms. The van der Waals surface area contributed by atoms with Gasteiger partial charge in [-0.05, 0) is 48.1 Å². The molecule has 1 aromatic carbocycles. The molecule has 0 bridgehead atoms. The van der Waals surface area contributed by atoms with Crippen molar-refractivity contribution >= 4 is 28.4 Å². The summed E-state index contributed by atoms with van der Waals surface area (Å²) < 4.78 is 0. The lowest BCUT2D eigenvalue weighted by atomic mass is 9.92. The average Bonchev–Trinajstić information content (AvgIpc) is 2.94. The van der Waals surface area contributed by atoms with Crippen molar-refractivity contribution in [1.82, 2.24) is 9.88 Å². The van der Waals surface area contributed by atoms with Crippen molar-refractivity contribution in [2.75, 3.05) is 13.1 Å². The molecule has 118 valence electrons. The van der Waals surface area contributed by atoms with Crippen LogP contribution in [0.4, 0.5) is 4.79 Å². The van der Waals surface area contributed by atoms with E-state index < -0.39 is 6.09 Å². The van der Waals surface area contributed by atoms with Gasteiger partial charge in [-0.1, -0.05) is 12.1 Å². The number of carbonyl (C=O) groups is 2. The van der Waals surface area contributed by atoms with Crippen LogP contribution in [0.2, 0.25) is 0 Å². The molecule has 0 atom stereocenters. The number of H-pyrrole nitrogens is 1. The van der Waals surface area contributed by atoms with Gasteiger partial charge in [0, 0.05) is 30.4 Å². The zero-order chi connectivity index (χ0) is 16.0. The van der Waals surface area contributed by atoms with Gasteiger partial charge in [0.05, 0.1) is 5.69 Å². The number of nitrogens with one attached hydrogen (secondary N) is 1. The third-order valence-electron chi connectivity index (χ3n) is 4.87. The number of carboxylic acid groups (broad SMARTS) is 1. The summed E-state index contributed by atoms with van der Waals surface area (Å²) >= 11 is 0. The van der Waals surface area contributed by atoms with E-state index in [0.29, 0.717) is 19.5 Å². The van der Waals surface area contributed by atoms with E-state index >= 15 is 0 Å². The Morgan fingerprint density at radius 3 is 2.83 bits per heavy atom. The number of amides is 1. The molecule has 1 amide bonds. The molecule has 0 spiro atoms. The highest BCUT2D eigenvalue weighted by Crippen LogP contribution is 2.32. The Balaban J connectivity index is 1.72. The number of carbonyl (C=O) groups excluding carboxylic acids is 1. The molecule has 1 aromatic heterocycles. The molecule has 5 nitrogen and oxygen atoms in total. The second-order valence-corrected chi connectivity index (χ2v) is 6.22. The second kappa shape index (κ2) is 5.26. The second-order valence-electron chi connectivity index (χ2n) is 6.22. The predicted molar refractivity (Wildman–Crippen MR) is 87.8 cm³/mol. The average molecular weight is 310 g/mol. The van der Waals surface area contributed by atoms with Crippen LogP contribution in [0.1, 0.15) is 40.9 Å². The first kappa shape index (κ1) is 14.1. The van der Waals surface area contributed by atoms with Crippen molar-refractivity contribution in [3.05, 3.63) is 41.1 Å². The number of Topliss-reactive ketones (excluding diaryl/α,β-unsaturated/α-hetero) is 1.